The first kappa shape index (κ1) is 21.8. The zero-order valence-electron chi connectivity index (χ0n) is 17.4. The Bertz CT molecular complexity index is 1200. The molecule has 0 aliphatic carbocycles. The van der Waals surface area contributed by atoms with Crippen LogP contribution in [0.1, 0.15) is 29.7 Å². The highest BCUT2D eigenvalue weighted by atomic mass is 32.2. The maximum Gasteiger partial charge on any atom is 0.297 e. The molecule has 1 unspecified atom stereocenters. The minimum absolute atomic E-state index is 0.181. The van der Waals surface area contributed by atoms with Crippen LogP contribution in [0.25, 0.3) is 10.8 Å². The maximum absolute atomic E-state index is 12.1. The van der Waals surface area contributed by atoms with Crippen molar-refractivity contribution < 1.29 is 12.6 Å². The highest BCUT2D eigenvalue weighted by Crippen LogP contribution is 2.23. The topological polar surface area (TPSA) is 43.4 Å². The SMILES string of the molecule is Cc1ccc(S(=O)(=O)OC(C)c2ccccc2)cc1.Cc1ccc2ccccc2c1. The van der Waals surface area contributed by atoms with Crippen molar-refractivity contribution in [1.29, 1.82) is 0 Å². The van der Waals surface area contributed by atoms with Gasteiger partial charge in [-0.3, -0.25) is 4.18 Å². The molecule has 30 heavy (non-hydrogen) atoms. The molecule has 1 atom stereocenters. The zero-order valence-corrected chi connectivity index (χ0v) is 18.3. The second-order valence-corrected chi connectivity index (χ2v) is 8.84. The van der Waals surface area contributed by atoms with Crippen LogP contribution >= 0.6 is 0 Å². The molecule has 0 bridgehead atoms. The fourth-order valence-corrected chi connectivity index (χ4v) is 4.11. The van der Waals surface area contributed by atoms with Crippen LogP contribution < -0.4 is 0 Å². The Morgan fingerprint density at radius 2 is 1.23 bits per heavy atom. The van der Waals surface area contributed by atoms with Crippen molar-refractivity contribution >= 4 is 20.9 Å². The van der Waals surface area contributed by atoms with E-state index in [0.29, 0.717) is 0 Å². The van der Waals surface area contributed by atoms with Crippen LogP contribution in [-0.2, 0) is 14.3 Å². The quantitative estimate of drug-likeness (QED) is 0.350. The summed E-state index contributed by atoms with van der Waals surface area (Å²) < 4.78 is 29.4. The summed E-state index contributed by atoms with van der Waals surface area (Å²) in [4.78, 5) is 0.181. The predicted molar refractivity (Wildman–Crippen MR) is 123 cm³/mol. The van der Waals surface area contributed by atoms with Crippen LogP contribution in [0.15, 0.2) is 102 Å². The molecule has 0 radical (unpaired) electrons. The molecule has 4 heteroatoms. The number of benzene rings is 4. The highest BCUT2D eigenvalue weighted by molar-refractivity contribution is 7.86. The molecule has 3 nitrogen and oxygen atoms in total. The third-order valence-electron chi connectivity index (χ3n) is 4.75. The Hall–Kier alpha value is -2.95. The summed E-state index contributed by atoms with van der Waals surface area (Å²) in [5.41, 5.74) is 3.16. The molecular formula is C26H26O3S. The average Bonchev–Trinajstić information content (AvgIpc) is 2.75. The van der Waals surface area contributed by atoms with Crippen LogP contribution in [0, 0.1) is 13.8 Å². The molecular weight excluding hydrogens is 392 g/mol. The summed E-state index contributed by atoms with van der Waals surface area (Å²) >= 11 is 0. The van der Waals surface area contributed by atoms with E-state index in [1.54, 1.807) is 31.2 Å². The van der Waals surface area contributed by atoms with Gasteiger partial charge in [-0.05, 0) is 49.2 Å². The molecule has 0 spiro atoms. The molecule has 0 saturated carbocycles. The lowest BCUT2D eigenvalue weighted by molar-refractivity contribution is 0.234. The Labute approximate surface area is 179 Å². The number of aryl methyl sites for hydroxylation is 2. The van der Waals surface area contributed by atoms with E-state index in [9.17, 15) is 8.42 Å². The monoisotopic (exact) mass is 418 g/mol. The maximum atomic E-state index is 12.1. The molecule has 0 fully saturated rings. The lowest BCUT2D eigenvalue weighted by Gasteiger charge is -2.13. The van der Waals surface area contributed by atoms with Crippen molar-refractivity contribution in [1.82, 2.24) is 0 Å². The van der Waals surface area contributed by atoms with Crippen molar-refractivity contribution in [2.45, 2.75) is 31.8 Å². The molecule has 0 aromatic heterocycles. The van der Waals surface area contributed by atoms with Gasteiger partial charge in [0.25, 0.3) is 10.1 Å². The molecule has 0 saturated heterocycles. The van der Waals surface area contributed by atoms with E-state index in [0.717, 1.165) is 11.1 Å². The minimum atomic E-state index is -3.72. The summed E-state index contributed by atoms with van der Waals surface area (Å²) in [5, 5.41) is 2.64. The molecule has 4 aromatic rings. The first-order valence-corrected chi connectivity index (χ1v) is 11.3. The second kappa shape index (κ2) is 9.70. The van der Waals surface area contributed by atoms with Gasteiger partial charge in [0.15, 0.2) is 0 Å². The van der Waals surface area contributed by atoms with Gasteiger partial charge in [0.05, 0.1) is 11.0 Å². The Morgan fingerprint density at radius 1 is 0.667 bits per heavy atom. The molecule has 154 valence electrons. The first-order chi connectivity index (χ1) is 14.3. The zero-order chi connectivity index (χ0) is 21.6. The minimum Gasteiger partial charge on any atom is -0.258 e. The van der Waals surface area contributed by atoms with Gasteiger partial charge in [0.2, 0.25) is 0 Å². The predicted octanol–water partition coefficient (Wildman–Crippen LogP) is 6.61. The molecule has 0 amide bonds. The second-order valence-electron chi connectivity index (χ2n) is 7.27. The molecule has 0 N–H and O–H groups in total. The molecule has 0 heterocycles. The van der Waals surface area contributed by atoms with Crippen molar-refractivity contribution in [3.05, 3.63) is 114 Å². The fourth-order valence-electron chi connectivity index (χ4n) is 3.04. The molecule has 0 aliphatic heterocycles. The number of rotatable bonds is 4. The molecule has 4 aromatic carbocycles. The van der Waals surface area contributed by atoms with Crippen LogP contribution in [0.5, 0.6) is 0 Å². The van der Waals surface area contributed by atoms with Gasteiger partial charge in [-0.2, -0.15) is 8.42 Å². The Balaban J connectivity index is 0.000000196. The summed E-state index contributed by atoms with van der Waals surface area (Å²) in [6.45, 7) is 5.75. The van der Waals surface area contributed by atoms with Crippen LogP contribution in [0.2, 0.25) is 0 Å². The van der Waals surface area contributed by atoms with Gasteiger partial charge in [0.1, 0.15) is 0 Å². The van der Waals surface area contributed by atoms with Gasteiger partial charge in [-0.25, -0.2) is 0 Å². The van der Waals surface area contributed by atoms with E-state index in [-0.39, 0.29) is 4.90 Å². The van der Waals surface area contributed by atoms with E-state index < -0.39 is 16.2 Å². The van der Waals surface area contributed by atoms with E-state index in [2.05, 4.69) is 49.4 Å². The van der Waals surface area contributed by atoms with Crippen LogP contribution in [-0.4, -0.2) is 8.42 Å². The summed E-state index contributed by atoms with van der Waals surface area (Å²) in [7, 11) is -3.72. The average molecular weight is 419 g/mol. The standard InChI is InChI=1S/C15H16O3S.C11H10/c1-12-8-10-15(11-9-12)19(16,17)18-13(2)14-6-4-3-5-7-14;1-9-6-7-10-4-2-3-5-11(10)8-9/h3-11,13H,1-2H3;2-8H,1H3. The molecule has 0 aliphatic rings. The van der Waals surface area contributed by atoms with E-state index in [1.807, 2.05) is 37.3 Å². The summed E-state index contributed by atoms with van der Waals surface area (Å²) in [6.07, 6.45) is -0.507. The smallest absolute Gasteiger partial charge is 0.258 e. The van der Waals surface area contributed by atoms with Gasteiger partial charge in [0, 0.05) is 0 Å². The fraction of sp³-hybridized carbons (Fsp3) is 0.154. The first-order valence-electron chi connectivity index (χ1n) is 9.85. The lowest BCUT2D eigenvalue weighted by atomic mass is 10.1. The van der Waals surface area contributed by atoms with Gasteiger partial charge in [-0.1, -0.05) is 96.1 Å². The summed E-state index contributed by atoms with van der Waals surface area (Å²) in [5.74, 6) is 0. The third kappa shape index (κ3) is 5.78. The van der Waals surface area contributed by atoms with Crippen molar-refractivity contribution in [3.8, 4) is 0 Å². The van der Waals surface area contributed by atoms with Crippen molar-refractivity contribution in [2.24, 2.45) is 0 Å². The number of hydrogen-bond donors (Lipinski definition) is 0. The van der Waals surface area contributed by atoms with Crippen molar-refractivity contribution in [2.75, 3.05) is 0 Å². The molecule has 4 rings (SSSR count). The van der Waals surface area contributed by atoms with Crippen LogP contribution in [0.3, 0.4) is 0 Å². The summed E-state index contributed by atoms with van der Waals surface area (Å²) in [6, 6.07) is 30.8. The Kier molecular flexibility index (Phi) is 7.03. The van der Waals surface area contributed by atoms with E-state index >= 15 is 0 Å². The largest absolute Gasteiger partial charge is 0.297 e. The van der Waals surface area contributed by atoms with E-state index in [4.69, 9.17) is 4.18 Å². The van der Waals surface area contributed by atoms with Gasteiger partial charge < -0.3 is 0 Å². The number of hydrogen-bond acceptors (Lipinski definition) is 3. The highest BCUT2D eigenvalue weighted by Gasteiger charge is 2.19. The van der Waals surface area contributed by atoms with Crippen molar-refractivity contribution in [3.63, 3.8) is 0 Å². The van der Waals surface area contributed by atoms with Gasteiger partial charge >= 0.3 is 0 Å². The normalized spacial score (nSPS) is 12.1. The van der Waals surface area contributed by atoms with Crippen LogP contribution in [0.4, 0.5) is 0 Å². The lowest BCUT2D eigenvalue weighted by Crippen LogP contribution is -2.10. The Morgan fingerprint density at radius 3 is 1.90 bits per heavy atom. The van der Waals surface area contributed by atoms with E-state index in [1.165, 1.54) is 16.3 Å². The van der Waals surface area contributed by atoms with Gasteiger partial charge in [-0.15, -0.1) is 0 Å². The third-order valence-corrected chi connectivity index (χ3v) is 6.15. The number of fused-ring (bicyclic) bond motifs is 1.